The van der Waals surface area contributed by atoms with Gasteiger partial charge in [0.2, 0.25) is 0 Å². The van der Waals surface area contributed by atoms with E-state index in [0.29, 0.717) is 5.56 Å². The van der Waals surface area contributed by atoms with E-state index in [4.69, 9.17) is 11.0 Å². The third-order valence-electron chi connectivity index (χ3n) is 2.06. The molecule has 0 saturated heterocycles. The van der Waals surface area contributed by atoms with Crippen LogP contribution in [0.15, 0.2) is 10.9 Å². The summed E-state index contributed by atoms with van der Waals surface area (Å²) < 4.78 is 1.11. The molecule has 1 heterocycles. The van der Waals surface area contributed by atoms with Gasteiger partial charge in [-0.05, 0) is 19.4 Å². The van der Waals surface area contributed by atoms with Crippen LogP contribution in [0.5, 0.6) is 5.88 Å². The van der Waals surface area contributed by atoms with Crippen molar-refractivity contribution >= 4 is 0 Å². The van der Waals surface area contributed by atoms with Gasteiger partial charge < -0.3 is 10.8 Å². The van der Waals surface area contributed by atoms with Gasteiger partial charge in [-0.25, -0.2) is 0 Å². The lowest BCUT2D eigenvalue weighted by Crippen LogP contribution is -2.31. The smallest absolute Gasteiger partial charge is 0.271 e. The molecule has 1 aromatic rings. The molecule has 80 valence electrons. The number of nitrogens with two attached hydrogens (primary N) is 1. The summed E-state index contributed by atoms with van der Waals surface area (Å²) in [4.78, 5) is 11.7. The van der Waals surface area contributed by atoms with Crippen LogP contribution < -0.4 is 11.3 Å². The van der Waals surface area contributed by atoms with Gasteiger partial charge in [0.25, 0.3) is 5.56 Å². The van der Waals surface area contributed by atoms with E-state index < -0.39 is 5.56 Å². The van der Waals surface area contributed by atoms with Gasteiger partial charge in [0.1, 0.15) is 11.6 Å². The lowest BCUT2D eigenvalue weighted by molar-refractivity contribution is 0.395. The SMILES string of the molecule is Cc1cc(O)n(CC(C)N)c(=O)c1C#N. The third kappa shape index (κ3) is 2.17. The molecule has 0 fully saturated rings. The highest BCUT2D eigenvalue weighted by molar-refractivity contribution is 5.37. The molecular formula is C10H13N3O2. The molecule has 0 aromatic carbocycles. The normalized spacial score (nSPS) is 12.1. The maximum Gasteiger partial charge on any atom is 0.271 e. The number of aromatic hydroxyl groups is 1. The third-order valence-corrected chi connectivity index (χ3v) is 2.06. The van der Waals surface area contributed by atoms with Gasteiger partial charge >= 0.3 is 0 Å². The van der Waals surface area contributed by atoms with Gasteiger partial charge in [-0.3, -0.25) is 9.36 Å². The first-order valence-electron chi connectivity index (χ1n) is 4.56. The molecule has 0 bridgehead atoms. The lowest BCUT2D eigenvalue weighted by Gasteiger charge is -2.12. The van der Waals surface area contributed by atoms with E-state index in [1.165, 1.54) is 6.07 Å². The van der Waals surface area contributed by atoms with Crippen molar-refractivity contribution in [1.29, 1.82) is 5.26 Å². The summed E-state index contributed by atoms with van der Waals surface area (Å²) in [5, 5.41) is 18.3. The van der Waals surface area contributed by atoms with Crippen LogP contribution in [0.4, 0.5) is 0 Å². The molecule has 1 rings (SSSR count). The number of aryl methyl sites for hydroxylation is 1. The molecule has 0 aliphatic heterocycles. The van der Waals surface area contributed by atoms with Gasteiger partial charge in [0.05, 0.1) is 0 Å². The molecular weight excluding hydrogens is 194 g/mol. The molecule has 1 atom stereocenters. The average molecular weight is 207 g/mol. The summed E-state index contributed by atoms with van der Waals surface area (Å²) in [6, 6.07) is 2.95. The predicted octanol–water partition coefficient (Wildman–Crippen LogP) is 0.0812. The Morgan fingerprint density at radius 3 is 2.80 bits per heavy atom. The first-order chi connectivity index (χ1) is 6.97. The first kappa shape index (κ1) is 11.3. The Morgan fingerprint density at radius 2 is 2.33 bits per heavy atom. The monoisotopic (exact) mass is 207 g/mol. The van der Waals surface area contributed by atoms with E-state index in [2.05, 4.69) is 0 Å². The van der Waals surface area contributed by atoms with Crippen LogP contribution >= 0.6 is 0 Å². The fourth-order valence-corrected chi connectivity index (χ4v) is 1.35. The highest BCUT2D eigenvalue weighted by Crippen LogP contribution is 2.11. The van der Waals surface area contributed by atoms with Crippen molar-refractivity contribution in [2.24, 2.45) is 5.73 Å². The fourth-order valence-electron chi connectivity index (χ4n) is 1.35. The van der Waals surface area contributed by atoms with Gasteiger partial charge in [0.15, 0.2) is 5.88 Å². The van der Waals surface area contributed by atoms with E-state index in [-0.39, 0.29) is 24.0 Å². The van der Waals surface area contributed by atoms with Gasteiger partial charge in [-0.15, -0.1) is 0 Å². The summed E-state index contributed by atoms with van der Waals surface area (Å²) in [5.74, 6) is -0.159. The molecule has 5 heteroatoms. The van der Waals surface area contributed by atoms with Crippen molar-refractivity contribution in [3.63, 3.8) is 0 Å². The first-order valence-corrected chi connectivity index (χ1v) is 4.56. The van der Waals surface area contributed by atoms with E-state index in [1.54, 1.807) is 13.8 Å². The quantitative estimate of drug-likeness (QED) is 0.718. The van der Waals surface area contributed by atoms with Crippen molar-refractivity contribution in [1.82, 2.24) is 4.57 Å². The molecule has 5 nitrogen and oxygen atoms in total. The molecule has 0 aliphatic carbocycles. The van der Waals surface area contributed by atoms with Crippen LogP contribution in [0, 0.1) is 18.3 Å². The molecule has 1 unspecified atom stereocenters. The molecule has 0 radical (unpaired) electrons. The Bertz CT molecular complexity index is 469. The molecule has 15 heavy (non-hydrogen) atoms. The summed E-state index contributed by atoms with van der Waals surface area (Å²) in [6.07, 6.45) is 0. The van der Waals surface area contributed by atoms with E-state index in [1.807, 2.05) is 6.07 Å². The molecule has 1 aromatic heterocycles. The van der Waals surface area contributed by atoms with E-state index in [0.717, 1.165) is 4.57 Å². The molecule has 0 aliphatic rings. The second-order valence-electron chi connectivity index (χ2n) is 3.57. The van der Waals surface area contributed by atoms with Crippen molar-refractivity contribution < 1.29 is 5.11 Å². The number of hydrogen-bond donors (Lipinski definition) is 2. The Kier molecular flexibility index (Phi) is 3.12. The predicted molar refractivity (Wildman–Crippen MR) is 55.5 cm³/mol. The Morgan fingerprint density at radius 1 is 1.73 bits per heavy atom. The minimum Gasteiger partial charge on any atom is -0.494 e. The van der Waals surface area contributed by atoms with Gasteiger partial charge in [0, 0.05) is 18.7 Å². The zero-order valence-electron chi connectivity index (χ0n) is 8.69. The highest BCUT2D eigenvalue weighted by Gasteiger charge is 2.12. The van der Waals surface area contributed by atoms with Crippen LogP contribution in [-0.4, -0.2) is 15.7 Å². The summed E-state index contributed by atoms with van der Waals surface area (Å²) in [5.41, 5.74) is 5.57. The topological polar surface area (TPSA) is 92.0 Å². The average Bonchev–Trinajstić information content (AvgIpc) is 2.12. The largest absolute Gasteiger partial charge is 0.494 e. The Hall–Kier alpha value is -1.80. The van der Waals surface area contributed by atoms with Crippen LogP contribution in [0.25, 0.3) is 0 Å². The summed E-state index contributed by atoms with van der Waals surface area (Å²) in [7, 11) is 0. The van der Waals surface area contributed by atoms with Crippen molar-refractivity contribution in [2.75, 3.05) is 0 Å². The van der Waals surface area contributed by atoms with Gasteiger partial charge in [-0.2, -0.15) is 5.26 Å². The Balaban J connectivity index is 3.41. The highest BCUT2D eigenvalue weighted by atomic mass is 16.3. The zero-order chi connectivity index (χ0) is 11.6. The number of pyridine rings is 1. The standard InChI is InChI=1S/C10H13N3O2/c1-6-3-9(14)13(5-7(2)12)10(15)8(6)4-11/h3,7,14H,5,12H2,1-2H3. The van der Waals surface area contributed by atoms with Crippen LogP contribution in [-0.2, 0) is 6.54 Å². The maximum atomic E-state index is 11.7. The minimum atomic E-state index is -0.493. The van der Waals surface area contributed by atoms with E-state index in [9.17, 15) is 9.90 Å². The van der Waals surface area contributed by atoms with Gasteiger partial charge in [-0.1, -0.05) is 0 Å². The minimum absolute atomic E-state index is 0.0495. The zero-order valence-corrected chi connectivity index (χ0v) is 8.69. The number of nitriles is 1. The summed E-state index contributed by atoms with van der Waals surface area (Å²) >= 11 is 0. The van der Waals surface area contributed by atoms with Crippen molar-refractivity contribution in [2.45, 2.75) is 26.4 Å². The lowest BCUT2D eigenvalue weighted by atomic mass is 10.1. The molecule has 0 spiro atoms. The maximum absolute atomic E-state index is 11.7. The number of nitrogens with zero attached hydrogens (tertiary/aromatic N) is 2. The van der Waals surface area contributed by atoms with E-state index >= 15 is 0 Å². The summed E-state index contributed by atoms with van der Waals surface area (Å²) in [6.45, 7) is 3.52. The number of hydrogen-bond acceptors (Lipinski definition) is 4. The van der Waals surface area contributed by atoms with Crippen LogP contribution in [0.3, 0.4) is 0 Å². The molecule has 0 saturated carbocycles. The van der Waals surface area contributed by atoms with Crippen molar-refractivity contribution in [3.05, 3.63) is 27.5 Å². The molecule has 3 N–H and O–H groups in total. The van der Waals surface area contributed by atoms with Crippen LogP contribution in [0.1, 0.15) is 18.1 Å². The van der Waals surface area contributed by atoms with Crippen molar-refractivity contribution in [3.8, 4) is 11.9 Å². The Labute approximate surface area is 87.4 Å². The second-order valence-corrected chi connectivity index (χ2v) is 3.57. The molecule has 0 amide bonds. The number of rotatable bonds is 2. The van der Waals surface area contributed by atoms with Crippen LogP contribution in [0.2, 0.25) is 0 Å². The second kappa shape index (κ2) is 4.15. The number of aromatic nitrogens is 1. The fraction of sp³-hybridized carbons (Fsp3) is 0.400.